The summed E-state index contributed by atoms with van der Waals surface area (Å²) in [4.78, 5) is 34.9. The first-order valence-electron chi connectivity index (χ1n) is 8.97. The second-order valence-corrected chi connectivity index (χ2v) is 6.37. The van der Waals surface area contributed by atoms with E-state index in [4.69, 9.17) is 5.73 Å². The molecule has 0 bridgehead atoms. The van der Waals surface area contributed by atoms with Crippen molar-refractivity contribution in [2.24, 2.45) is 5.73 Å². The monoisotopic (exact) mass is 381 g/mol. The molecule has 0 aliphatic carbocycles. The van der Waals surface area contributed by atoms with Gasteiger partial charge in [-0.3, -0.25) is 23.7 Å². The number of carbonyl (C=O) groups excluding carboxylic acids is 2. The molecule has 2 N–H and O–H groups in total. The summed E-state index contributed by atoms with van der Waals surface area (Å²) in [6.45, 7) is 6.75. The first kappa shape index (κ1) is 19.3. The first-order chi connectivity index (χ1) is 13.4. The summed E-state index contributed by atoms with van der Waals surface area (Å²) in [5.41, 5.74) is 7.94. The molecule has 0 aromatic carbocycles. The fourth-order valence-electron chi connectivity index (χ4n) is 2.99. The van der Waals surface area contributed by atoms with Crippen molar-refractivity contribution in [1.82, 2.24) is 24.3 Å². The minimum Gasteiger partial charge on any atom is -0.366 e. The van der Waals surface area contributed by atoms with Crippen LogP contribution >= 0.6 is 0 Å². The van der Waals surface area contributed by atoms with Gasteiger partial charge in [-0.1, -0.05) is 12.2 Å². The van der Waals surface area contributed by atoms with Crippen molar-refractivity contribution in [3.8, 4) is 0 Å². The number of aromatic nitrogens is 5. The molecule has 3 rings (SSSR count). The number of hydrogen-bond donors (Lipinski definition) is 1. The third-order valence-electron chi connectivity index (χ3n) is 4.40. The molecule has 28 heavy (non-hydrogen) atoms. The highest BCUT2D eigenvalue weighted by Crippen LogP contribution is 2.23. The van der Waals surface area contributed by atoms with Gasteiger partial charge in [-0.05, 0) is 32.9 Å². The zero-order valence-electron chi connectivity index (χ0n) is 16.4. The van der Waals surface area contributed by atoms with Crippen LogP contribution in [-0.2, 0) is 13.1 Å². The normalized spacial score (nSPS) is 11.4. The van der Waals surface area contributed by atoms with Crippen molar-refractivity contribution >= 4 is 28.9 Å². The summed E-state index contributed by atoms with van der Waals surface area (Å²) in [5, 5.41) is 4.34. The molecule has 9 nitrogen and oxygen atoms in total. The molecule has 0 fully saturated rings. The van der Waals surface area contributed by atoms with Gasteiger partial charge in [0.15, 0.2) is 5.65 Å². The highest BCUT2D eigenvalue weighted by atomic mass is 16.2. The van der Waals surface area contributed by atoms with Crippen LogP contribution in [0.4, 0.5) is 5.95 Å². The Kier molecular flexibility index (Phi) is 5.25. The van der Waals surface area contributed by atoms with Gasteiger partial charge in [-0.2, -0.15) is 5.10 Å². The van der Waals surface area contributed by atoms with Crippen LogP contribution in [-0.4, -0.2) is 43.2 Å². The molecule has 0 spiro atoms. The number of carbonyl (C=O) groups is 2. The number of allylic oxidation sites excluding steroid dienone is 2. The maximum atomic E-state index is 13.1. The summed E-state index contributed by atoms with van der Waals surface area (Å²) in [6.07, 6.45) is 5.26. The van der Waals surface area contributed by atoms with Gasteiger partial charge in [0.05, 0.1) is 11.3 Å². The Morgan fingerprint density at radius 1 is 1.32 bits per heavy atom. The summed E-state index contributed by atoms with van der Waals surface area (Å²) in [5.74, 6) is -0.381. The molecule has 146 valence electrons. The zero-order chi connectivity index (χ0) is 20.4. The average Bonchev–Trinajstić information content (AvgIpc) is 3.24. The lowest BCUT2D eigenvalue weighted by Gasteiger charge is -2.17. The molecule has 0 aliphatic heterocycles. The second-order valence-electron chi connectivity index (χ2n) is 6.37. The number of anilines is 1. The lowest BCUT2D eigenvalue weighted by atomic mass is 10.2. The minimum atomic E-state index is -0.578. The number of aryl methyl sites for hydroxylation is 2. The van der Waals surface area contributed by atoms with Crippen LogP contribution in [0.3, 0.4) is 0 Å². The largest absolute Gasteiger partial charge is 0.366 e. The number of pyridine rings is 1. The number of imidazole rings is 1. The minimum absolute atomic E-state index is 0.227. The van der Waals surface area contributed by atoms with Crippen LogP contribution in [0, 0.1) is 6.92 Å². The van der Waals surface area contributed by atoms with Crippen molar-refractivity contribution in [2.75, 3.05) is 11.9 Å². The SMILES string of the molecule is C/C=C/Cn1c(N(C)C(=O)c2cc(C)nn2CC)nc2cc(C(N)=O)cnc21. The molecule has 3 aromatic rings. The van der Waals surface area contributed by atoms with Crippen LogP contribution in [0.5, 0.6) is 0 Å². The average molecular weight is 381 g/mol. The predicted octanol–water partition coefficient (Wildman–Crippen LogP) is 1.91. The van der Waals surface area contributed by atoms with Gasteiger partial charge >= 0.3 is 0 Å². The van der Waals surface area contributed by atoms with Crippen LogP contribution < -0.4 is 10.6 Å². The highest BCUT2D eigenvalue weighted by molar-refractivity contribution is 6.04. The maximum Gasteiger partial charge on any atom is 0.278 e. The van der Waals surface area contributed by atoms with E-state index in [9.17, 15) is 9.59 Å². The van der Waals surface area contributed by atoms with Gasteiger partial charge in [0.1, 0.15) is 11.2 Å². The molecule has 0 unspecified atom stereocenters. The molecule has 0 radical (unpaired) electrons. The Morgan fingerprint density at radius 2 is 2.07 bits per heavy atom. The second kappa shape index (κ2) is 7.63. The molecular weight excluding hydrogens is 358 g/mol. The summed E-state index contributed by atoms with van der Waals surface area (Å²) >= 11 is 0. The van der Waals surface area contributed by atoms with E-state index in [1.807, 2.05) is 37.5 Å². The van der Waals surface area contributed by atoms with Crippen molar-refractivity contribution in [3.05, 3.63) is 47.4 Å². The van der Waals surface area contributed by atoms with E-state index in [0.717, 1.165) is 5.69 Å². The lowest BCUT2D eigenvalue weighted by molar-refractivity contribution is 0.0977. The third kappa shape index (κ3) is 3.38. The van der Waals surface area contributed by atoms with Crippen molar-refractivity contribution in [1.29, 1.82) is 0 Å². The molecule has 3 aromatic heterocycles. The Bertz CT molecular complexity index is 1080. The van der Waals surface area contributed by atoms with Gasteiger partial charge in [-0.15, -0.1) is 0 Å². The molecule has 0 aliphatic rings. The van der Waals surface area contributed by atoms with Crippen LogP contribution in [0.25, 0.3) is 11.2 Å². The fourth-order valence-corrected chi connectivity index (χ4v) is 2.99. The zero-order valence-corrected chi connectivity index (χ0v) is 16.4. The number of hydrogen-bond acceptors (Lipinski definition) is 5. The number of primary amides is 1. The van der Waals surface area contributed by atoms with Crippen LogP contribution in [0.2, 0.25) is 0 Å². The van der Waals surface area contributed by atoms with Crippen molar-refractivity contribution in [3.63, 3.8) is 0 Å². The Balaban J connectivity index is 2.11. The number of nitrogens with two attached hydrogens (primary N) is 1. The summed E-state index contributed by atoms with van der Waals surface area (Å²) in [6, 6.07) is 3.34. The van der Waals surface area contributed by atoms with E-state index in [0.29, 0.717) is 35.9 Å². The molecular formula is C19H23N7O2. The Hall–Kier alpha value is -3.49. The van der Waals surface area contributed by atoms with E-state index in [2.05, 4.69) is 15.1 Å². The maximum absolute atomic E-state index is 13.1. The highest BCUT2D eigenvalue weighted by Gasteiger charge is 2.24. The topological polar surface area (TPSA) is 112 Å². The number of fused-ring (bicyclic) bond motifs is 1. The molecule has 0 saturated carbocycles. The standard InChI is InChI=1S/C19H23N7O2/c1-5-7-8-25-17-14(10-13(11-21-17)16(20)27)22-19(25)24(4)18(28)15-9-12(3)23-26(15)6-2/h5,7,9-11H,6,8H2,1-4H3,(H2,20,27)/b7-5+. The fraction of sp³-hybridized carbons (Fsp3) is 0.316. The van der Waals surface area contributed by atoms with Gasteiger partial charge in [0.2, 0.25) is 11.9 Å². The number of rotatable bonds is 6. The van der Waals surface area contributed by atoms with Crippen LogP contribution in [0.1, 0.15) is 40.4 Å². The summed E-state index contributed by atoms with van der Waals surface area (Å²) < 4.78 is 3.48. The van der Waals surface area contributed by atoms with Gasteiger partial charge < -0.3 is 5.73 Å². The van der Waals surface area contributed by atoms with E-state index < -0.39 is 5.91 Å². The molecule has 9 heteroatoms. The molecule has 0 saturated heterocycles. The Morgan fingerprint density at radius 3 is 2.71 bits per heavy atom. The van der Waals surface area contributed by atoms with E-state index in [1.54, 1.807) is 23.9 Å². The van der Waals surface area contributed by atoms with Gasteiger partial charge in [0, 0.05) is 26.3 Å². The number of amides is 2. The molecule has 2 amide bonds. The third-order valence-corrected chi connectivity index (χ3v) is 4.40. The smallest absolute Gasteiger partial charge is 0.278 e. The van der Waals surface area contributed by atoms with E-state index in [1.165, 1.54) is 11.1 Å². The predicted molar refractivity (Wildman–Crippen MR) is 106 cm³/mol. The van der Waals surface area contributed by atoms with E-state index >= 15 is 0 Å². The van der Waals surface area contributed by atoms with E-state index in [-0.39, 0.29) is 11.5 Å². The van der Waals surface area contributed by atoms with Crippen molar-refractivity contribution < 1.29 is 9.59 Å². The molecule has 3 heterocycles. The molecule has 0 atom stereocenters. The number of nitrogens with zero attached hydrogens (tertiary/aromatic N) is 6. The van der Waals surface area contributed by atoms with Gasteiger partial charge in [-0.25, -0.2) is 9.97 Å². The van der Waals surface area contributed by atoms with Gasteiger partial charge in [0.25, 0.3) is 5.91 Å². The summed E-state index contributed by atoms with van der Waals surface area (Å²) in [7, 11) is 1.66. The lowest BCUT2D eigenvalue weighted by Crippen LogP contribution is -2.31. The Labute approximate surface area is 162 Å². The quantitative estimate of drug-likeness (QED) is 0.656. The first-order valence-corrected chi connectivity index (χ1v) is 8.97. The van der Waals surface area contributed by atoms with Crippen molar-refractivity contribution in [2.45, 2.75) is 33.9 Å². The van der Waals surface area contributed by atoms with Crippen LogP contribution in [0.15, 0.2) is 30.5 Å².